The van der Waals surface area contributed by atoms with Gasteiger partial charge in [-0.15, -0.1) is 0 Å². The molecule has 2 heterocycles. The highest BCUT2D eigenvalue weighted by atomic mass is 16.5. The lowest BCUT2D eigenvalue weighted by Crippen LogP contribution is -2.42. The maximum Gasteiger partial charge on any atom is 0.225 e. The van der Waals surface area contributed by atoms with Gasteiger partial charge in [0.2, 0.25) is 5.91 Å². The minimum absolute atomic E-state index is 0.206. The van der Waals surface area contributed by atoms with Gasteiger partial charge in [-0.2, -0.15) is 0 Å². The normalized spacial score (nSPS) is 21.9. The molecule has 0 unspecified atom stereocenters. The van der Waals surface area contributed by atoms with Gasteiger partial charge < -0.3 is 9.64 Å². The lowest BCUT2D eigenvalue weighted by atomic mass is 9.88. The summed E-state index contributed by atoms with van der Waals surface area (Å²) in [6, 6.07) is 10.7. The number of ether oxygens (including phenoxy) is 1. The van der Waals surface area contributed by atoms with E-state index in [1.165, 1.54) is 5.56 Å². The zero-order valence-electron chi connectivity index (χ0n) is 12.0. The fourth-order valence-electron chi connectivity index (χ4n) is 3.36. The van der Waals surface area contributed by atoms with Crippen molar-refractivity contribution in [3.05, 3.63) is 35.9 Å². The predicted octanol–water partition coefficient (Wildman–Crippen LogP) is 2.82. The van der Waals surface area contributed by atoms with Crippen LogP contribution in [0.25, 0.3) is 0 Å². The van der Waals surface area contributed by atoms with Crippen molar-refractivity contribution < 1.29 is 9.53 Å². The molecular formula is C17H23NO2. The summed E-state index contributed by atoms with van der Waals surface area (Å²) in [5.74, 6) is 1.19. The van der Waals surface area contributed by atoms with Gasteiger partial charge in [-0.25, -0.2) is 0 Å². The zero-order chi connectivity index (χ0) is 13.8. The number of likely N-dealkylation sites (tertiary alicyclic amines) is 1. The van der Waals surface area contributed by atoms with Crippen LogP contribution in [0, 0.1) is 5.92 Å². The number of hydrogen-bond donors (Lipinski definition) is 0. The van der Waals surface area contributed by atoms with Gasteiger partial charge in [-0.3, -0.25) is 4.79 Å². The second-order valence-electron chi connectivity index (χ2n) is 5.90. The molecule has 2 aliphatic heterocycles. The third-order valence-corrected chi connectivity index (χ3v) is 4.65. The Morgan fingerprint density at radius 2 is 1.65 bits per heavy atom. The zero-order valence-corrected chi connectivity index (χ0v) is 12.0. The largest absolute Gasteiger partial charge is 0.381 e. The lowest BCUT2D eigenvalue weighted by molar-refractivity contribution is -0.139. The number of hydrogen-bond acceptors (Lipinski definition) is 2. The van der Waals surface area contributed by atoms with Crippen molar-refractivity contribution in [2.75, 3.05) is 26.3 Å². The first-order valence-electron chi connectivity index (χ1n) is 7.76. The van der Waals surface area contributed by atoms with Gasteiger partial charge in [0.1, 0.15) is 0 Å². The second-order valence-corrected chi connectivity index (χ2v) is 5.90. The van der Waals surface area contributed by atoms with Crippen molar-refractivity contribution in [1.82, 2.24) is 4.90 Å². The van der Waals surface area contributed by atoms with E-state index in [1.54, 1.807) is 0 Å². The van der Waals surface area contributed by atoms with Crippen molar-refractivity contribution in [3.8, 4) is 0 Å². The van der Waals surface area contributed by atoms with Gasteiger partial charge in [-0.1, -0.05) is 30.3 Å². The Morgan fingerprint density at radius 1 is 1.00 bits per heavy atom. The minimum atomic E-state index is 0.206. The highest BCUT2D eigenvalue weighted by molar-refractivity contribution is 5.79. The third-order valence-electron chi connectivity index (χ3n) is 4.65. The van der Waals surface area contributed by atoms with E-state index >= 15 is 0 Å². The summed E-state index contributed by atoms with van der Waals surface area (Å²) in [6.45, 7) is 3.32. The first-order valence-corrected chi connectivity index (χ1v) is 7.76. The first-order chi connectivity index (χ1) is 9.84. The van der Waals surface area contributed by atoms with Crippen LogP contribution >= 0.6 is 0 Å². The Bertz CT molecular complexity index is 432. The van der Waals surface area contributed by atoms with E-state index in [9.17, 15) is 4.79 Å². The number of rotatable bonds is 2. The molecule has 0 radical (unpaired) electrons. The molecule has 0 aliphatic carbocycles. The van der Waals surface area contributed by atoms with Gasteiger partial charge in [0.15, 0.2) is 0 Å². The number of benzene rings is 1. The standard InChI is InChI=1S/C17H23NO2/c19-17(16-8-12-20-13-9-16)18-10-6-15(7-11-18)14-4-2-1-3-5-14/h1-5,15-16H,6-13H2. The highest BCUT2D eigenvalue weighted by Crippen LogP contribution is 2.29. The molecule has 2 saturated heterocycles. The van der Waals surface area contributed by atoms with Crippen molar-refractivity contribution in [3.63, 3.8) is 0 Å². The molecule has 0 bridgehead atoms. The molecule has 3 nitrogen and oxygen atoms in total. The van der Waals surface area contributed by atoms with Crippen LogP contribution in [0.1, 0.15) is 37.2 Å². The van der Waals surface area contributed by atoms with E-state index in [0.29, 0.717) is 11.8 Å². The average molecular weight is 273 g/mol. The van der Waals surface area contributed by atoms with E-state index in [1.807, 2.05) is 0 Å². The van der Waals surface area contributed by atoms with Crippen LogP contribution in [0.3, 0.4) is 0 Å². The van der Waals surface area contributed by atoms with E-state index in [4.69, 9.17) is 4.74 Å². The van der Waals surface area contributed by atoms with E-state index in [2.05, 4.69) is 35.2 Å². The molecule has 3 heteroatoms. The van der Waals surface area contributed by atoms with Crippen LogP contribution in [-0.4, -0.2) is 37.1 Å². The van der Waals surface area contributed by atoms with E-state index in [0.717, 1.165) is 52.0 Å². The Hall–Kier alpha value is -1.35. The Balaban J connectivity index is 1.54. The smallest absolute Gasteiger partial charge is 0.225 e. The molecule has 2 aliphatic rings. The van der Waals surface area contributed by atoms with Crippen LogP contribution < -0.4 is 0 Å². The van der Waals surface area contributed by atoms with Crippen molar-refractivity contribution in [2.45, 2.75) is 31.6 Å². The molecule has 3 rings (SSSR count). The summed E-state index contributed by atoms with van der Waals surface area (Å²) in [7, 11) is 0. The molecule has 20 heavy (non-hydrogen) atoms. The average Bonchev–Trinajstić information content (AvgIpc) is 2.56. The maximum absolute atomic E-state index is 12.5. The number of piperidine rings is 1. The van der Waals surface area contributed by atoms with Gasteiger partial charge in [-0.05, 0) is 37.2 Å². The van der Waals surface area contributed by atoms with Crippen LogP contribution in [0.15, 0.2) is 30.3 Å². The molecule has 108 valence electrons. The van der Waals surface area contributed by atoms with Crippen LogP contribution in [0.2, 0.25) is 0 Å². The van der Waals surface area contributed by atoms with E-state index < -0.39 is 0 Å². The maximum atomic E-state index is 12.5. The monoisotopic (exact) mass is 273 g/mol. The van der Waals surface area contributed by atoms with Crippen molar-refractivity contribution in [1.29, 1.82) is 0 Å². The Labute approximate surface area is 120 Å². The quantitative estimate of drug-likeness (QED) is 0.829. The molecule has 0 N–H and O–H groups in total. The summed E-state index contributed by atoms with van der Waals surface area (Å²) in [4.78, 5) is 14.5. The summed E-state index contributed by atoms with van der Waals surface area (Å²) < 4.78 is 5.34. The number of amides is 1. The van der Waals surface area contributed by atoms with Gasteiger partial charge >= 0.3 is 0 Å². The number of carbonyl (C=O) groups is 1. The molecule has 2 fully saturated rings. The van der Waals surface area contributed by atoms with Gasteiger partial charge in [0.25, 0.3) is 0 Å². The van der Waals surface area contributed by atoms with Crippen LogP contribution in [0.5, 0.6) is 0 Å². The molecule has 0 aromatic heterocycles. The minimum Gasteiger partial charge on any atom is -0.381 e. The fraction of sp³-hybridized carbons (Fsp3) is 0.588. The van der Waals surface area contributed by atoms with Crippen LogP contribution in [-0.2, 0) is 9.53 Å². The fourth-order valence-corrected chi connectivity index (χ4v) is 3.36. The third kappa shape index (κ3) is 3.04. The van der Waals surface area contributed by atoms with Crippen LogP contribution in [0.4, 0.5) is 0 Å². The molecule has 1 aromatic carbocycles. The van der Waals surface area contributed by atoms with Crippen molar-refractivity contribution >= 4 is 5.91 Å². The second kappa shape index (κ2) is 6.40. The molecular weight excluding hydrogens is 250 g/mol. The van der Waals surface area contributed by atoms with Crippen molar-refractivity contribution in [2.24, 2.45) is 5.92 Å². The number of carbonyl (C=O) groups excluding carboxylic acids is 1. The predicted molar refractivity (Wildman–Crippen MR) is 78.5 cm³/mol. The summed E-state index contributed by atoms with van der Waals surface area (Å²) >= 11 is 0. The first kappa shape index (κ1) is 13.6. The van der Waals surface area contributed by atoms with E-state index in [-0.39, 0.29) is 5.92 Å². The summed E-state index contributed by atoms with van der Waals surface area (Å²) in [5.41, 5.74) is 1.42. The molecule has 0 saturated carbocycles. The summed E-state index contributed by atoms with van der Waals surface area (Å²) in [5, 5.41) is 0. The topological polar surface area (TPSA) is 29.5 Å². The van der Waals surface area contributed by atoms with Gasteiger partial charge in [0, 0.05) is 32.2 Å². The molecule has 0 atom stereocenters. The Kier molecular flexibility index (Phi) is 4.36. The molecule has 1 aromatic rings. The SMILES string of the molecule is O=C(C1CCOCC1)N1CCC(c2ccccc2)CC1. The summed E-state index contributed by atoms with van der Waals surface area (Å²) in [6.07, 6.45) is 3.99. The van der Waals surface area contributed by atoms with Gasteiger partial charge in [0.05, 0.1) is 0 Å². The highest BCUT2D eigenvalue weighted by Gasteiger charge is 2.29. The Morgan fingerprint density at radius 3 is 2.30 bits per heavy atom. The number of nitrogens with zero attached hydrogens (tertiary/aromatic N) is 1. The lowest BCUT2D eigenvalue weighted by Gasteiger charge is -2.35. The molecule has 1 amide bonds. The molecule has 0 spiro atoms.